The van der Waals surface area contributed by atoms with Gasteiger partial charge in [-0.2, -0.15) is 0 Å². The Hall–Kier alpha value is 0.249. The molecule has 0 saturated carbocycles. The Morgan fingerprint density at radius 3 is 1.75 bits per heavy atom. The first-order chi connectivity index (χ1) is 3.64. The van der Waals surface area contributed by atoms with E-state index in [2.05, 4.69) is 35.0 Å². The molecule has 1 N–H and O–H groups in total. The molecule has 0 atom stereocenters. The van der Waals surface area contributed by atoms with Crippen molar-refractivity contribution >= 4 is 34.3 Å². The van der Waals surface area contributed by atoms with E-state index in [4.69, 9.17) is 5.11 Å². The van der Waals surface area contributed by atoms with Crippen LogP contribution in [0.1, 0.15) is 6.92 Å². The molecule has 0 bridgehead atoms. The van der Waals surface area contributed by atoms with Gasteiger partial charge in [-0.3, -0.25) is 0 Å². The zero-order chi connectivity index (χ0) is 7.15. The van der Waals surface area contributed by atoms with Crippen LogP contribution in [0.15, 0.2) is 12.2 Å². The Balaban J connectivity index is 0. The summed E-state index contributed by atoms with van der Waals surface area (Å²) in [5, 5.41) is 7.89. The van der Waals surface area contributed by atoms with Gasteiger partial charge in [-0.15, -0.1) is 0 Å². The topological polar surface area (TPSA) is 37.3 Å². The molecule has 0 rings (SSSR count). The second-order valence-electron chi connectivity index (χ2n) is 1.09. The maximum atomic E-state index is 9.60. The van der Waals surface area contributed by atoms with Crippen molar-refractivity contribution < 1.29 is 9.90 Å². The molecule has 0 saturated heterocycles. The van der Waals surface area contributed by atoms with Crippen LogP contribution in [0.25, 0.3) is 0 Å². The standard InChI is InChI=1S/C4H6O2.H2Se2/c1-3(2)4(5)6;1-2/h1H2,2H3,(H,5,6);1-2H. The average Bonchev–Trinajstić information content (AvgIpc) is 1.72. The number of rotatable bonds is 1. The minimum absolute atomic E-state index is 0.176. The molecule has 0 aromatic rings. The van der Waals surface area contributed by atoms with E-state index in [1.165, 1.54) is 6.92 Å². The predicted octanol–water partition coefficient (Wildman–Crippen LogP) is -0.650. The van der Waals surface area contributed by atoms with Crippen molar-refractivity contribution in [1.82, 2.24) is 0 Å². The summed E-state index contributed by atoms with van der Waals surface area (Å²) in [5.41, 5.74) is 0.176. The van der Waals surface area contributed by atoms with Gasteiger partial charge in [0.1, 0.15) is 0 Å². The molecule has 0 radical (unpaired) electrons. The van der Waals surface area contributed by atoms with Gasteiger partial charge in [0, 0.05) is 5.57 Å². The number of hydrogen-bond donors (Lipinski definition) is 1. The van der Waals surface area contributed by atoms with Crippen molar-refractivity contribution in [3.63, 3.8) is 0 Å². The maximum absolute atomic E-state index is 9.60. The Bertz CT molecular complexity index is 78.0. The summed E-state index contributed by atoms with van der Waals surface area (Å²) in [5.74, 6) is -0.935. The molecular weight excluding hydrogens is 238 g/mol. The van der Waals surface area contributed by atoms with E-state index in [-0.39, 0.29) is 5.57 Å². The summed E-state index contributed by atoms with van der Waals surface area (Å²) in [7, 11) is 0. The summed E-state index contributed by atoms with van der Waals surface area (Å²) in [4.78, 5) is 9.60. The fraction of sp³-hybridized carbons (Fsp3) is 0.250. The molecule has 0 aliphatic heterocycles. The summed E-state index contributed by atoms with van der Waals surface area (Å²) in [6.07, 6.45) is 0. The predicted molar refractivity (Wildman–Crippen MR) is 36.7 cm³/mol. The van der Waals surface area contributed by atoms with E-state index >= 15 is 0 Å². The number of carbonyl (C=O) groups is 1. The fourth-order valence-electron chi connectivity index (χ4n) is 0. The van der Waals surface area contributed by atoms with E-state index in [0.717, 1.165) is 0 Å². The van der Waals surface area contributed by atoms with Crippen LogP contribution in [-0.4, -0.2) is 39.5 Å². The molecule has 0 heterocycles. The van der Waals surface area contributed by atoms with Gasteiger partial charge >= 0.3 is 34.3 Å². The molecule has 0 fully saturated rings. The van der Waals surface area contributed by atoms with Crippen molar-refractivity contribution in [3.8, 4) is 0 Å². The molecular formula is C4H8O2Se2. The average molecular weight is 246 g/mol. The molecule has 0 spiro atoms. The number of hydrogen-bond acceptors (Lipinski definition) is 1. The minimum atomic E-state index is -0.935. The fourth-order valence-corrected chi connectivity index (χ4v) is 0. The van der Waals surface area contributed by atoms with Crippen molar-refractivity contribution in [2.75, 3.05) is 0 Å². The van der Waals surface area contributed by atoms with E-state index in [1.54, 1.807) is 0 Å². The molecule has 0 amide bonds. The Morgan fingerprint density at radius 2 is 1.75 bits per heavy atom. The van der Waals surface area contributed by atoms with Gasteiger partial charge < -0.3 is 5.11 Å². The van der Waals surface area contributed by atoms with Gasteiger partial charge in [0.15, 0.2) is 0 Å². The number of carboxylic acids is 1. The van der Waals surface area contributed by atoms with Crippen LogP contribution in [0.5, 0.6) is 0 Å². The first-order valence-corrected chi connectivity index (χ1v) is 6.93. The second kappa shape index (κ2) is 7.25. The van der Waals surface area contributed by atoms with Crippen molar-refractivity contribution in [1.29, 1.82) is 0 Å². The molecule has 4 heteroatoms. The SMILES string of the molecule is C=C(C)C(=O)O.[SeH][SeH]. The zero-order valence-corrected chi connectivity index (χ0v) is 8.21. The normalized spacial score (nSPS) is 6.38. The van der Waals surface area contributed by atoms with Gasteiger partial charge in [-0.05, 0) is 6.92 Å². The summed E-state index contributed by atoms with van der Waals surface area (Å²) in [6.45, 7) is 4.60. The van der Waals surface area contributed by atoms with Crippen LogP contribution in [0, 0.1) is 0 Å². The van der Waals surface area contributed by atoms with E-state index in [9.17, 15) is 4.79 Å². The third kappa shape index (κ3) is 9.54. The molecule has 0 aromatic carbocycles. The molecule has 8 heavy (non-hydrogen) atoms. The van der Waals surface area contributed by atoms with Gasteiger partial charge in [-0.25, -0.2) is 4.79 Å². The quantitative estimate of drug-likeness (QED) is 0.493. The zero-order valence-electron chi connectivity index (χ0n) is 4.46. The van der Waals surface area contributed by atoms with Crippen LogP contribution in [0.2, 0.25) is 0 Å². The molecule has 0 aliphatic rings. The molecule has 48 valence electrons. The van der Waals surface area contributed by atoms with E-state index < -0.39 is 5.97 Å². The van der Waals surface area contributed by atoms with Crippen LogP contribution < -0.4 is 0 Å². The van der Waals surface area contributed by atoms with Gasteiger partial charge in [0.05, 0.1) is 0 Å². The Labute approximate surface area is 63.5 Å². The number of carboxylic acid groups (broad SMARTS) is 1. The van der Waals surface area contributed by atoms with E-state index in [1.807, 2.05) is 0 Å². The van der Waals surface area contributed by atoms with Crippen molar-refractivity contribution in [2.24, 2.45) is 0 Å². The monoisotopic (exact) mass is 248 g/mol. The third-order valence-electron chi connectivity index (χ3n) is 0.365. The molecule has 0 unspecified atom stereocenters. The number of aliphatic carboxylic acids is 1. The summed E-state index contributed by atoms with van der Waals surface area (Å²) >= 11 is 4.50. The van der Waals surface area contributed by atoms with Gasteiger partial charge in [0.25, 0.3) is 0 Å². The molecule has 0 aromatic heterocycles. The first-order valence-electron chi connectivity index (χ1n) is 1.73. The van der Waals surface area contributed by atoms with Gasteiger partial charge in [-0.1, -0.05) is 6.58 Å². The second-order valence-corrected chi connectivity index (χ2v) is 1.09. The summed E-state index contributed by atoms with van der Waals surface area (Å²) in [6, 6.07) is 0. The molecule has 0 aliphatic carbocycles. The van der Waals surface area contributed by atoms with Crippen LogP contribution >= 0.6 is 0 Å². The van der Waals surface area contributed by atoms with Gasteiger partial charge in [0.2, 0.25) is 0 Å². The Kier molecular flexibility index (Phi) is 10.1. The summed E-state index contributed by atoms with van der Waals surface area (Å²) < 4.78 is 0. The third-order valence-corrected chi connectivity index (χ3v) is 0.365. The molecule has 2 nitrogen and oxygen atoms in total. The Morgan fingerprint density at radius 1 is 1.62 bits per heavy atom. The van der Waals surface area contributed by atoms with Crippen LogP contribution in [0.3, 0.4) is 0 Å². The van der Waals surface area contributed by atoms with Crippen molar-refractivity contribution in [2.45, 2.75) is 6.92 Å². The van der Waals surface area contributed by atoms with E-state index in [0.29, 0.717) is 0 Å². The van der Waals surface area contributed by atoms with Crippen LogP contribution in [-0.2, 0) is 4.79 Å². The first kappa shape index (κ1) is 11.1. The van der Waals surface area contributed by atoms with Crippen LogP contribution in [0.4, 0.5) is 0 Å². The van der Waals surface area contributed by atoms with Crippen molar-refractivity contribution in [3.05, 3.63) is 12.2 Å².